The van der Waals surface area contributed by atoms with Crippen LogP contribution < -0.4 is 4.74 Å². The van der Waals surface area contributed by atoms with Gasteiger partial charge in [-0.05, 0) is 29.8 Å². The van der Waals surface area contributed by atoms with Crippen molar-refractivity contribution in [3.8, 4) is 11.5 Å². The fraction of sp³-hybridized carbons (Fsp3) is 0.188. The van der Waals surface area contributed by atoms with Crippen LogP contribution in [0.4, 0.5) is 0 Å². The average Bonchev–Trinajstić information content (AvgIpc) is 2.48. The van der Waals surface area contributed by atoms with Gasteiger partial charge in [-0.15, -0.1) is 0 Å². The van der Waals surface area contributed by atoms with Crippen molar-refractivity contribution in [1.29, 1.82) is 0 Å². The van der Waals surface area contributed by atoms with E-state index < -0.39 is 12.2 Å². The number of Topliss-reactive ketones (excluding diaryl/α,β-unsaturated/α-hetero) is 1. The maximum absolute atomic E-state index is 12.4. The molecule has 20 heavy (non-hydrogen) atoms. The van der Waals surface area contributed by atoms with Crippen molar-refractivity contribution in [2.45, 2.75) is 12.2 Å². The molecule has 0 aliphatic carbocycles. The maximum atomic E-state index is 12.4. The number of phenolic OH excluding ortho intramolecular Hbond substituents is 1. The Balaban J connectivity index is 2.03. The second kappa shape index (κ2) is 4.98. The summed E-state index contributed by atoms with van der Waals surface area (Å²) in [4.78, 5) is 12.4. The molecule has 1 N–H and O–H groups in total. The van der Waals surface area contributed by atoms with Crippen molar-refractivity contribution in [1.82, 2.24) is 0 Å². The number of fused-ring (bicyclic) bond motifs is 1. The Morgan fingerprint density at radius 2 is 1.80 bits per heavy atom. The third kappa shape index (κ3) is 2.04. The molecule has 102 valence electrons. The SMILES string of the molecule is CO[C@H]1C(=O)c2ccccc2O[C@@H]1c1ccc(O)cc1. The van der Waals surface area contributed by atoms with Gasteiger partial charge in [-0.25, -0.2) is 0 Å². The molecule has 3 rings (SSSR count). The van der Waals surface area contributed by atoms with Crippen LogP contribution in [0.1, 0.15) is 22.0 Å². The smallest absolute Gasteiger partial charge is 0.199 e. The number of ketones is 1. The molecule has 0 amide bonds. The first-order valence-electron chi connectivity index (χ1n) is 6.32. The average molecular weight is 270 g/mol. The van der Waals surface area contributed by atoms with Gasteiger partial charge in [-0.2, -0.15) is 0 Å². The van der Waals surface area contributed by atoms with Crippen LogP contribution in [0.15, 0.2) is 48.5 Å². The first-order valence-corrected chi connectivity index (χ1v) is 6.32. The minimum atomic E-state index is -0.686. The van der Waals surface area contributed by atoms with Crippen molar-refractivity contribution < 1.29 is 19.4 Å². The molecule has 0 fully saturated rings. The minimum absolute atomic E-state index is 0.0903. The van der Waals surface area contributed by atoms with Gasteiger partial charge in [0.25, 0.3) is 0 Å². The minimum Gasteiger partial charge on any atom is -0.508 e. The molecule has 1 heterocycles. The van der Waals surface area contributed by atoms with Crippen molar-refractivity contribution in [3.63, 3.8) is 0 Å². The molecule has 4 heteroatoms. The predicted octanol–water partition coefficient (Wildman–Crippen LogP) is 2.72. The van der Waals surface area contributed by atoms with E-state index in [0.29, 0.717) is 11.3 Å². The highest BCUT2D eigenvalue weighted by atomic mass is 16.5. The van der Waals surface area contributed by atoms with Gasteiger partial charge >= 0.3 is 0 Å². The number of aromatic hydroxyl groups is 1. The lowest BCUT2D eigenvalue weighted by Crippen LogP contribution is -2.37. The molecule has 1 aliphatic rings. The monoisotopic (exact) mass is 270 g/mol. The number of hydrogen-bond donors (Lipinski definition) is 1. The van der Waals surface area contributed by atoms with Crippen LogP contribution >= 0.6 is 0 Å². The summed E-state index contributed by atoms with van der Waals surface area (Å²) in [6.07, 6.45) is -1.20. The van der Waals surface area contributed by atoms with Gasteiger partial charge in [-0.1, -0.05) is 24.3 Å². The standard InChI is InChI=1S/C16H14O4/c1-19-16-14(18)12-4-2-3-5-13(12)20-15(16)10-6-8-11(17)9-7-10/h2-9,15-17H,1H3/t15-,16+/m1/s1. The van der Waals surface area contributed by atoms with Gasteiger partial charge in [-0.3, -0.25) is 4.79 Å². The fourth-order valence-corrected chi connectivity index (χ4v) is 2.40. The number of carbonyl (C=O) groups is 1. The summed E-state index contributed by atoms with van der Waals surface area (Å²) in [5.74, 6) is 0.640. The Hall–Kier alpha value is -2.33. The van der Waals surface area contributed by atoms with Gasteiger partial charge < -0.3 is 14.6 Å². The van der Waals surface area contributed by atoms with E-state index in [1.54, 1.807) is 42.5 Å². The predicted molar refractivity (Wildman–Crippen MR) is 73.0 cm³/mol. The molecule has 0 bridgehead atoms. The van der Waals surface area contributed by atoms with Crippen LogP contribution in [0, 0.1) is 0 Å². The van der Waals surface area contributed by atoms with Gasteiger partial charge in [0.1, 0.15) is 11.5 Å². The zero-order valence-corrected chi connectivity index (χ0v) is 10.9. The van der Waals surface area contributed by atoms with Crippen LogP contribution in [0.25, 0.3) is 0 Å². The van der Waals surface area contributed by atoms with E-state index in [1.165, 1.54) is 7.11 Å². The number of phenols is 1. The number of hydrogen-bond acceptors (Lipinski definition) is 4. The molecule has 0 aromatic heterocycles. The summed E-state index contributed by atoms with van der Waals surface area (Å²) in [7, 11) is 1.49. The normalized spacial score (nSPS) is 21.1. The van der Waals surface area contributed by atoms with E-state index in [4.69, 9.17) is 9.47 Å². The van der Waals surface area contributed by atoms with Crippen LogP contribution in [-0.4, -0.2) is 24.1 Å². The molecule has 2 atom stereocenters. The lowest BCUT2D eigenvalue weighted by Gasteiger charge is -2.31. The molecular formula is C16H14O4. The molecule has 0 radical (unpaired) electrons. The second-order valence-corrected chi connectivity index (χ2v) is 4.65. The molecule has 4 nitrogen and oxygen atoms in total. The van der Waals surface area contributed by atoms with E-state index in [1.807, 2.05) is 6.07 Å². The van der Waals surface area contributed by atoms with E-state index in [9.17, 15) is 9.90 Å². The second-order valence-electron chi connectivity index (χ2n) is 4.65. The molecule has 0 saturated heterocycles. The zero-order chi connectivity index (χ0) is 14.1. The van der Waals surface area contributed by atoms with E-state index in [2.05, 4.69) is 0 Å². The molecule has 0 unspecified atom stereocenters. The van der Waals surface area contributed by atoms with Crippen molar-refractivity contribution in [2.24, 2.45) is 0 Å². The van der Waals surface area contributed by atoms with Crippen molar-refractivity contribution in [2.75, 3.05) is 7.11 Å². The van der Waals surface area contributed by atoms with Gasteiger partial charge in [0.05, 0.1) is 5.56 Å². The van der Waals surface area contributed by atoms with E-state index in [-0.39, 0.29) is 11.5 Å². The topological polar surface area (TPSA) is 55.8 Å². The van der Waals surface area contributed by atoms with Crippen LogP contribution in [0.2, 0.25) is 0 Å². The first-order chi connectivity index (χ1) is 9.70. The molecular weight excluding hydrogens is 256 g/mol. The Labute approximate surface area is 116 Å². The summed E-state index contributed by atoms with van der Waals surface area (Å²) in [6.45, 7) is 0. The Bertz CT molecular complexity index is 633. The Kier molecular flexibility index (Phi) is 3.16. The summed E-state index contributed by atoms with van der Waals surface area (Å²) >= 11 is 0. The van der Waals surface area contributed by atoms with Gasteiger partial charge in [0.15, 0.2) is 18.0 Å². The molecule has 2 aromatic carbocycles. The molecule has 0 spiro atoms. The van der Waals surface area contributed by atoms with Crippen LogP contribution in [0.3, 0.4) is 0 Å². The van der Waals surface area contributed by atoms with Crippen LogP contribution in [-0.2, 0) is 4.74 Å². The largest absolute Gasteiger partial charge is 0.508 e. The van der Waals surface area contributed by atoms with Gasteiger partial charge in [0, 0.05) is 7.11 Å². The highest BCUT2D eigenvalue weighted by Gasteiger charge is 2.38. The number of rotatable bonds is 2. The number of benzene rings is 2. The summed E-state index contributed by atoms with van der Waals surface area (Å²) in [5, 5.41) is 9.35. The summed E-state index contributed by atoms with van der Waals surface area (Å²) in [5.41, 5.74) is 1.33. The Morgan fingerprint density at radius 1 is 1.10 bits per heavy atom. The Morgan fingerprint density at radius 3 is 2.50 bits per heavy atom. The lowest BCUT2D eigenvalue weighted by molar-refractivity contribution is -0.000610. The number of methoxy groups -OCH3 is 1. The maximum Gasteiger partial charge on any atom is 0.199 e. The van der Waals surface area contributed by atoms with Crippen molar-refractivity contribution in [3.05, 3.63) is 59.7 Å². The highest BCUT2D eigenvalue weighted by molar-refractivity contribution is 6.03. The molecule has 2 aromatic rings. The number of ether oxygens (including phenoxy) is 2. The van der Waals surface area contributed by atoms with E-state index in [0.717, 1.165) is 5.56 Å². The number of para-hydroxylation sites is 1. The fourth-order valence-electron chi connectivity index (χ4n) is 2.40. The van der Waals surface area contributed by atoms with Crippen molar-refractivity contribution >= 4 is 5.78 Å². The summed E-state index contributed by atoms with van der Waals surface area (Å²) in [6, 6.07) is 13.7. The van der Waals surface area contributed by atoms with Gasteiger partial charge in [0.2, 0.25) is 0 Å². The molecule has 1 aliphatic heterocycles. The van der Waals surface area contributed by atoms with Crippen LogP contribution in [0.5, 0.6) is 11.5 Å². The highest BCUT2D eigenvalue weighted by Crippen LogP contribution is 2.36. The quantitative estimate of drug-likeness (QED) is 0.911. The lowest BCUT2D eigenvalue weighted by atomic mass is 9.93. The first kappa shape index (κ1) is 12.7. The van der Waals surface area contributed by atoms with E-state index >= 15 is 0 Å². The number of carbonyl (C=O) groups excluding carboxylic acids is 1. The third-order valence-electron chi connectivity index (χ3n) is 3.42. The summed E-state index contributed by atoms with van der Waals surface area (Å²) < 4.78 is 11.2. The molecule has 0 saturated carbocycles. The third-order valence-corrected chi connectivity index (χ3v) is 3.42. The zero-order valence-electron chi connectivity index (χ0n) is 10.9.